The summed E-state index contributed by atoms with van der Waals surface area (Å²) in [4.78, 5) is 8.84. The van der Waals surface area contributed by atoms with Crippen LogP contribution in [0.4, 0.5) is 0 Å². The van der Waals surface area contributed by atoms with Crippen LogP contribution in [0.25, 0.3) is 17.5 Å². The van der Waals surface area contributed by atoms with Crippen LogP contribution >= 0.6 is 11.3 Å². The van der Waals surface area contributed by atoms with E-state index in [-0.39, 0.29) is 5.41 Å². The normalized spacial score (nSPS) is 19.0. The summed E-state index contributed by atoms with van der Waals surface area (Å²) >= 11 is 1.62. The number of thiazole rings is 1. The van der Waals surface area contributed by atoms with Gasteiger partial charge in [0.1, 0.15) is 17.7 Å². The van der Waals surface area contributed by atoms with Crippen molar-refractivity contribution >= 4 is 17.4 Å². The molecule has 3 aromatic heterocycles. The number of nitrogens with one attached hydrogen (secondary N) is 1. The fourth-order valence-corrected chi connectivity index (χ4v) is 4.11. The fourth-order valence-electron chi connectivity index (χ4n) is 3.48. The number of aromatic nitrogens is 4. The lowest BCUT2D eigenvalue weighted by atomic mass is 9.71. The Morgan fingerprint density at radius 3 is 2.84 bits per heavy atom. The fraction of sp³-hybridized carbons (Fsp3) is 0.105. The number of hydrogen-bond donors (Lipinski definition) is 1. The first-order valence-corrected chi connectivity index (χ1v) is 8.90. The molecule has 5 nitrogen and oxygen atoms in total. The van der Waals surface area contributed by atoms with Gasteiger partial charge in [0.15, 0.2) is 6.39 Å². The van der Waals surface area contributed by atoms with Gasteiger partial charge in [0.05, 0.1) is 16.6 Å². The molecule has 0 saturated carbocycles. The van der Waals surface area contributed by atoms with Crippen molar-refractivity contribution in [1.82, 2.24) is 20.2 Å². The highest BCUT2D eigenvalue weighted by Gasteiger charge is 2.38. The molecule has 1 N–H and O–H groups in total. The number of hydrogen-bond acceptors (Lipinski definition) is 5. The Balaban J connectivity index is 1.66. The van der Waals surface area contributed by atoms with Crippen LogP contribution in [0, 0.1) is 0 Å². The molecule has 0 saturated heterocycles. The van der Waals surface area contributed by atoms with Gasteiger partial charge >= 0.3 is 0 Å². The average Bonchev–Trinajstić information content (AvgIpc) is 3.42. The molecule has 1 atom stereocenters. The highest BCUT2D eigenvalue weighted by molar-refractivity contribution is 7.07. The van der Waals surface area contributed by atoms with Gasteiger partial charge in [-0.2, -0.15) is 5.10 Å². The molecule has 122 valence electrons. The number of H-pyrrole nitrogens is 1. The zero-order valence-corrected chi connectivity index (χ0v) is 14.0. The number of benzene rings is 1. The Labute approximate surface area is 148 Å². The molecule has 1 unspecified atom stereocenters. The average molecular weight is 346 g/mol. The van der Waals surface area contributed by atoms with E-state index < -0.39 is 0 Å². The standard InChI is InChI=1S/C19H14N4OS/c1-2-4-13(5-3-1)19(17-10-25-12-21-17)7-6-14-15(8-19)22-23-18(14)16-9-24-11-20-16/h1-7,9-12H,8H2,(H,22,23). The van der Waals surface area contributed by atoms with E-state index in [4.69, 9.17) is 4.42 Å². The minimum Gasteiger partial charge on any atom is -0.451 e. The van der Waals surface area contributed by atoms with Gasteiger partial charge in [0, 0.05) is 23.1 Å². The van der Waals surface area contributed by atoms with Gasteiger partial charge in [-0.05, 0) is 5.56 Å². The van der Waals surface area contributed by atoms with E-state index in [1.54, 1.807) is 17.6 Å². The number of rotatable bonds is 3. The lowest BCUT2D eigenvalue weighted by molar-refractivity contribution is 0.558. The van der Waals surface area contributed by atoms with Crippen LogP contribution in [-0.4, -0.2) is 20.2 Å². The van der Waals surface area contributed by atoms with Gasteiger partial charge < -0.3 is 4.42 Å². The summed E-state index contributed by atoms with van der Waals surface area (Å²) in [5.41, 5.74) is 7.58. The summed E-state index contributed by atoms with van der Waals surface area (Å²) in [5.74, 6) is 0. The Bertz CT molecular complexity index is 1020. The highest BCUT2D eigenvalue weighted by Crippen LogP contribution is 2.42. The van der Waals surface area contributed by atoms with Crippen LogP contribution in [0.1, 0.15) is 22.5 Å². The van der Waals surface area contributed by atoms with Crippen molar-refractivity contribution in [3.63, 3.8) is 0 Å². The molecule has 0 radical (unpaired) electrons. The Morgan fingerprint density at radius 2 is 2.08 bits per heavy atom. The molecule has 0 spiro atoms. The van der Waals surface area contributed by atoms with Gasteiger partial charge in [-0.3, -0.25) is 5.10 Å². The third-order valence-electron chi connectivity index (χ3n) is 4.73. The summed E-state index contributed by atoms with van der Waals surface area (Å²) in [7, 11) is 0. The highest BCUT2D eigenvalue weighted by atomic mass is 32.1. The van der Waals surface area contributed by atoms with Crippen LogP contribution < -0.4 is 0 Å². The summed E-state index contributed by atoms with van der Waals surface area (Å²) in [6, 6.07) is 10.5. The van der Waals surface area contributed by atoms with Gasteiger partial charge in [-0.25, -0.2) is 9.97 Å². The molecule has 3 heterocycles. The van der Waals surface area contributed by atoms with Crippen molar-refractivity contribution in [3.8, 4) is 11.4 Å². The third-order valence-corrected chi connectivity index (χ3v) is 5.31. The van der Waals surface area contributed by atoms with E-state index >= 15 is 0 Å². The van der Waals surface area contributed by atoms with Gasteiger partial charge in [-0.15, -0.1) is 11.3 Å². The first kappa shape index (κ1) is 14.4. The van der Waals surface area contributed by atoms with E-state index in [2.05, 4.69) is 62.0 Å². The van der Waals surface area contributed by atoms with E-state index in [0.717, 1.165) is 34.8 Å². The van der Waals surface area contributed by atoms with Crippen molar-refractivity contribution in [2.24, 2.45) is 0 Å². The minimum absolute atomic E-state index is 0.290. The largest absolute Gasteiger partial charge is 0.451 e. The molecule has 0 aliphatic heterocycles. The zero-order valence-electron chi connectivity index (χ0n) is 13.2. The molecule has 0 fully saturated rings. The Kier molecular flexibility index (Phi) is 3.18. The predicted molar refractivity (Wildman–Crippen MR) is 96.2 cm³/mol. The van der Waals surface area contributed by atoms with Gasteiger partial charge in [-0.1, -0.05) is 42.5 Å². The summed E-state index contributed by atoms with van der Waals surface area (Å²) in [6.07, 6.45) is 8.17. The summed E-state index contributed by atoms with van der Waals surface area (Å²) < 4.78 is 5.10. The van der Waals surface area contributed by atoms with E-state index in [9.17, 15) is 0 Å². The molecule has 0 amide bonds. The molecule has 0 bridgehead atoms. The number of aromatic amines is 1. The molecule has 1 aromatic carbocycles. The Hall–Kier alpha value is -2.99. The maximum Gasteiger partial charge on any atom is 0.181 e. The first-order valence-electron chi connectivity index (χ1n) is 7.96. The molecule has 1 aliphatic carbocycles. The molecular weight excluding hydrogens is 332 g/mol. The summed E-state index contributed by atoms with van der Waals surface area (Å²) in [6.45, 7) is 0. The quantitative estimate of drug-likeness (QED) is 0.607. The minimum atomic E-state index is -0.290. The molecule has 6 heteroatoms. The third kappa shape index (κ3) is 2.18. The van der Waals surface area contributed by atoms with Crippen molar-refractivity contribution in [2.45, 2.75) is 11.8 Å². The molecular formula is C19H14N4OS. The monoisotopic (exact) mass is 346 g/mol. The second kappa shape index (κ2) is 5.53. The number of allylic oxidation sites excluding steroid dienone is 1. The maximum atomic E-state index is 5.10. The molecule has 5 rings (SSSR count). The number of fused-ring (bicyclic) bond motifs is 1. The van der Waals surface area contributed by atoms with Crippen LogP contribution in [-0.2, 0) is 11.8 Å². The second-order valence-corrected chi connectivity index (χ2v) is 6.78. The second-order valence-electron chi connectivity index (χ2n) is 6.06. The topological polar surface area (TPSA) is 67.6 Å². The molecule has 1 aliphatic rings. The Morgan fingerprint density at radius 1 is 1.16 bits per heavy atom. The molecule has 25 heavy (non-hydrogen) atoms. The maximum absolute atomic E-state index is 5.10. The van der Waals surface area contributed by atoms with E-state index in [1.165, 1.54) is 12.0 Å². The lowest BCUT2D eigenvalue weighted by Crippen LogP contribution is -2.30. The van der Waals surface area contributed by atoms with Crippen LogP contribution in [0.3, 0.4) is 0 Å². The summed E-state index contributed by atoms with van der Waals surface area (Å²) in [5, 5.41) is 9.78. The number of oxazole rings is 1. The van der Waals surface area contributed by atoms with Crippen LogP contribution in [0.5, 0.6) is 0 Å². The smallest absolute Gasteiger partial charge is 0.181 e. The van der Waals surface area contributed by atoms with Crippen LogP contribution in [0.15, 0.2) is 64.4 Å². The number of nitrogens with zero attached hydrogens (tertiary/aromatic N) is 3. The predicted octanol–water partition coefficient (Wildman–Crippen LogP) is 4.08. The lowest BCUT2D eigenvalue weighted by Gasteiger charge is -2.32. The van der Waals surface area contributed by atoms with Gasteiger partial charge in [0.2, 0.25) is 0 Å². The first-order chi connectivity index (χ1) is 12.4. The van der Waals surface area contributed by atoms with Gasteiger partial charge in [0.25, 0.3) is 0 Å². The van der Waals surface area contributed by atoms with Crippen molar-refractivity contribution in [2.75, 3.05) is 0 Å². The van der Waals surface area contributed by atoms with Crippen molar-refractivity contribution < 1.29 is 4.42 Å². The van der Waals surface area contributed by atoms with E-state index in [1.807, 2.05) is 11.6 Å². The van der Waals surface area contributed by atoms with Crippen molar-refractivity contribution in [1.29, 1.82) is 0 Å². The van der Waals surface area contributed by atoms with Crippen LogP contribution in [0.2, 0.25) is 0 Å². The molecule has 4 aromatic rings. The zero-order chi connectivity index (χ0) is 16.7. The van der Waals surface area contributed by atoms with E-state index in [0.29, 0.717) is 0 Å². The SMILES string of the molecule is C1=CC(c2ccccc2)(c2cscn2)Cc2[nH]nc(-c3cocn3)c21. The van der Waals surface area contributed by atoms with Crippen molar-refractivity contribution in [3.05, 3.63) is 82.5 Å².